The maximum atomic E-state index is 10.8. The fourth-order valence-corrected chi connectivity index (χ4v) is 2.01. The van der Waals surface area contributed by atoms with E-state index in [1.807, 2.05) is 0 Å². The Morgan fingerprint density at radius 3 is 2.04 bits per heavy atom. The zero-order chi connectivity index (χ0) is 17.2. The minimum absolute atomic E-state index is 0.293. The van der Waals surface area contributed by atoms with E-state index in [2.05, 4.69) is 30.9 Å². The fraction of sp³-hybridized carbons (Fsp3) is 0.579. The van der Waals surface area contributed by atoms with Gasteiger partial charge < -0.3 is 9.84 Å². The molecule has 0 radical (unpaired) electrons. The minimum atomic E-state index is -0.697. The van der Waals surface area contributed by atoms with E-state index in [-0.39, 0.29) is 5.97 Å². The summed E-state index contributed by atoms with van der Waals surface area (Å²) in [5.74, 6) is -1.05. The van der Waals surface area contributed by atoms with Gasteiger partial charge in [-0.1, -0.05) is 50.1 Å². The molecule has 0 spiro atoms. The van der Waals surface area contributed by atoms with Crippen LogP contribution >= 0.6 is 0 Å². The summed E-state index contributed by atoms with van der Waals surface area (Å²) in [6.45, 7) is 3.80. The van der Waals surface area contributed by atoms with Gasteiger partial charge in [0.1, 0.15) is 0 Å². The molecular formula is C19H30O4. The van der Waals surface area contributed by atoms with Crippen LogP contribution in [0.25, 0.3) is 0 Å². The predicted molar refractivity (Wildman–Crippen MR) is 93.2 cm³/mol. The van der Waals surface area contributed by atoms with Crippen molar-refractivity contribution in [3.05, 3.63) is 37.0 Å². The number of rotatable bonds is 15. The molecule has 0 aliphatic rings. The third-order valence-corrected chi connectivity index (χ3v) is 3.32. The van der Waals surface area contributed by atoms with Gasteiger partial charge in [-0.2, -0.15) is 0 Å². The van der Waals surface area contributed by atoms with Crippen LogP contribution in [-0.4, -0.2) is 23.7 Å². The van der Waals surface area contributed by atoms with Crippen molar-refractivity contribution < 1.29 is 19.4 Å². The van der Waals surface area contributed by atoms with Gasteiger partial charge in [-0.15, -0.1) is 0 Å². The number of carbonyl (C=O) groups excluding carboxylic acids is 1. The van der Waals surface area contributed by atoms with Crippen LogP contribution in [-0.2, 0) is 14.3 Å². The lowest BCUT2D eigenvalue weighted by atomic mass is 10.1. The standard InChI is InChI=1S/C19H30O4/c1-2-19(22)23-17-15-13-11-9-7-5-3-4-6-8-10-12-14-16-18(20)21/h2-3,5,7,9H,1,4,6,8,10-17H2,(H,20,21)/b5-3+,9-7+. The van der Waals surface area contributed by atoms with E-state index in [1.165, 1.54) is 6.08 Å². The molecular weight excluding hydrogens is 292 g/mol. The lowest BCUT2D eigenvalue weighted by molar-refractivity contribution is -0.138. The van der Waals surface area contributed by atoms with Crippen LogP contribution in [0.3, 0.4) is 0 Å². The molecule has 4 heteroatoms. The first-order chi connectivity index (χ1) is 11.2. The first kappa shape index (κ1) is 21.2. The highest BCUT2D eigenvalue weighted by atomic mass is 16.5. The van der Waals surface area contributed by atoms with Crippen LogP contribution in [0.5, 0.6) is 0 Å². The number of aliphatic carboxylic acids is 1. The Kier molecular flexibility index (Phi) is 15.2. The van der Waals surface area contributed by atoms with E-state index < -0.39 is 5.97 Å². The van der Waals surface area contributed by atoms with Crippen LogP contribution in [0.4, 0.5) is 0 Å². The van der Waals surface area contributed by atoms with Crippen molar-refractivity contribution >= 4 is 11.9 Å². The summed E-state index contributed by atoms with van der Waals surface area (Å²) >= 11 is 0. The van der Waals surface area contributed by atoms with E-state index in [4.69, 9.17) is 9.84 Å². The molecule has 0 heterocycles. The molecule has 0 rings (SSSR count). The van der Waals surface area contributed by atoms with Crippen molar-refractivity contribution in [3.8, 4) is 0 Å². The number of unbranched alkanes of at least 4 members (excludes halogenated alkanes) is 7. The summed E-state index contributed by atoms with van der Waals surface area (Å²) in [6, 6.07) is 0. The molecule has 0 saturated carbocycles. The number of ether oxygens (including phenoxy) is 1. The number of allylic oxidation sites excluding steroid dienone is 4. The van der Waals surface area contributed by atoms with Gasteiger partial charge in [-0.3, -0.25) is 4.79 Å². The summed E-state index contributed by atoms with van der Waals surface area (Å²) in [5.41, 5.74) is 0. The van der Waals surface area contributed by atoms with Gasteiger partial charge in [-0.05, 0) is 38.5 Å². The predicted octanol–water partition coefficient (Wildman–Crippen LogP) is 4.81. The van der Waals surface area contributed by atoms with E-state index in [1.54, 1.807) is 0 Å². The maximum Gasteiger partial charge on any atom is 0.330 e. The number of hydrogen-bond acceptors (Lipinski definition) is 3. The molecule has 0 unspecified atom stereocenters. The minimum Gasteiger partial charge on any atom is -0.481 e. The summed E-state index contributed by atoms with van der Waals surface area (Å²) in [6.07, 6.45) is 19.1. The molecule has 4 nitrogen and oxygen atoms in total. The van der Waals surface area contributed by atoms with Gasteiger partial charge in [0.25, 0.3) is 0 Å². The van der Waals surface area contributed by atoms with Gasteiger partial charge >= 0.3 is 11.9 Å². The van der Waals surface area contributed by atoms with E-state index in [9.17, 15) is 9.59 Å². The molecule has 0 aromatic rings. The van der Waals surface area contributed by atoms with Gasteiger partial charge in [0.15, 0.2) is 0 Å². The second-order valence-corrected chi connectivity index (χ2v) is 5.42. The zero-order valence-corrected chi connectivity index (χ0v) is 14.0. The highest BCUT2D eigenvalue weighted by molar-refractivity contribution is 5.81. The number of hydrogen-bond donors (Lipinski definition) is 1. The summed E-state index contributed by atoms with van der Waals surface area (Å²) < 4.78 is 4.89. The van der Waals surface area contributed by atoms with E-state index >= 15 is 0 Å². The molecule has 0 saturated heterocycles. The Morgan fingerprint density at radius 2 is 1.43 bits per heavy atom. The Labute approximate surface area is 139 Å². The second-order valence-electron chi connectivity index (χ2n) is 5.42. The molecule has 0 amide bonds. The number of carboxylic acids is 1. The zero-order valence-electron chi connectivity index (χ0n) is 14.0. The van der Waals surface area contributed by atoms with Crippen molar-refractivity contribution in [3.63, 3.8) is 0 Å². The average molecular weight is 322 g/mol. The third kappa shape index (κ3) is 18.1. The summed E-state index contributed by atoms with van der Waals surface area (Å²) in [5, 5.41) is 8.51. The van der Waals surface area contributed by atoms with Gasteiger partial charge in [0.05, 0.1) is 6.61 Å². The molecule has 0 aliphatic heterocycles. The smallest absolute Gasteiger partial charge is 0.330 e. The highest BCUT2D eigenvalue weighted by Crippen LogP contribution is 2.07. The topological polar surface area (TPSA) is 63.6 Å². The van der Waals surface area contributed by atoms with Crippen LogP contribution in [0.15, 0.2) is 37.0 Å². The molecule has 0 bridgehead atoms. The molecule has 130 valence electrons. The number of esters is 1. The maximum absolute atomic E-state index is 10.8. The molecule has 1 N–H and O–H groups in total. The third-order valence-electron chi connectivity index (χ3n) is 3.32. The Hall–Kier alpha value is -1.84. The van der Waals surface area contributed by atoms with Gasteiger partial charge in [0.2, 0.25) is 0 Å². The average Bonchev–Trinajstić information content (AvgIpc) is 2.53. The quantitative estimate of drug-likeness (QED) is 0.203. The van der Waals surface area contributed by atoms with Crippen molar-refractivity contribution in [2.75, 3.05) is 6.61 Å². The van der Waals surface area contributed by atoms with Crippen molar-refractivity contribution in [1.82, 2.24) is 0 Å². The lowest BCUT2D eigenvalue weighted by Crippen LogP contribution is -2.01. The van der Waals surface area contributed by atoms with E-state index in [0.29, 0.717) is 13.0 Å². The van der Waals surface area contributed by atoms with Gasteiger partial charge in [0, 0.05) is 12.5 Å². The summed E-state index contributed by atoms with van der Waals surface area (Å²) in [4.78, 5) is 21.1. The van der Waals surface area contributed by atoms with Crippen LogP contribution in [0.1, 0.15) is 64.2 Å². The molecule has 0 fully saturated rings. The van der Waals surface area contributed by atoms with Crippen LogP contribution < -0.4 is 0 Å². The van der Waals surface area contributed by atoms with Crippen molar-refractivity contribution in [2.45, 2.75) is 64.2 Å². The van der Waals surface area contributed by atoms with Crippen LogP contribution in [0.2, 0.25) is 0 Å². The Bertz CT molecular complexity index is 383. The fourth-order valence-electron chi connectivity index (χ4n) is 2.01. The number of carboxylic acid groups (broad SMARTS) is 1. The first-order valence-electron chi connectivity index (χ1n) is 8.49. The normalized spacial score (nSPS) is 11.1. The second kappa shape index (κ2) is 16.5. The molecule has 0 aromatic heterocycles. The number of carbonyl (C=O) groups is 2. The first-order valence-corrected chi connectivity index (χ1v) is 8.49. The molecule has 0 aliphatic carbocycles. The monoisotopic (exact) mass is 322 g/mol. The highest BCUT2D eigenvalue weighted by Gasteiger charge is 1.96. The largest absolute Gasteiger partial charge is 0.481 e. The SMILES string of the molecule is C=CC(=O)OCCCC/C=C/C=C/CCCCCCCC(=O)O. The molecule has 0 aromatic carbocycles. The molecule has 23 heavy (non-hydrogen) atoms. The Balaban J connectivity index is 3.28. The van der Waals surface area contributed by atoms with Crippen molar-refractivity contribution in [1.29, 1.82) is 0 Å². The summed E-state index contributed by atoms with van der Waals surface area (Å²) in [7, 11) is 0. The van der Waals surface area contributed by atoms with Gasteiger partial charge in [-0.25, -0.2) is 4.79 Å². The van der Waals surface area contributed by atoms with Crippen LogP contribution in [0, 0.1) is 0 Å². The van der Waals surface area contributed by atoms with Crippen molar-refractivity contribution in [2.24, 2.45) is 0 Å². The Morgan fingerprint density at radius 1 is 0.870 bits per heavy atom. The molecule has 0 atom stereocenters. The lowest BCUT2D eigenvalue weighted by Gasteiger charge is -1.99. The van der Waals surface area contributed by atoms with E-state index in [0.717, 1.165) is 57.8 Å².